The lowest BCUT2D eigenvalue weighted by Gasteiger charge is -2.13. The van der Waals surface area contributed by atoms with Crippen molar-refractivity contribution in [2.45, 2.75) is 23.8 Å². The van der Waals surface area contributed by atoms with E-state index < -0.39 is 10.0 Å². The van der Waals surface area contributed by atoms with Gasteiger partial charge in [-0.05, 0) is 18.6 Å². The number of amides is 1. The summed E-state index contributed by atoms with van der Waals surface area (Å²) in [5, 5.41) is 2.75. The van der Waals surface area contributed by atoms with Crippen LogP contribution in [0, 0.1) is 0 Å². The Hall–Kier alpha value is -0.340. The van der Waals surface area contributed by atoms with Crippen molar-refractivity contribution in [2.24, 2.45) is 0 Å². The van der Waals surface area contributed by atoms with E-state index in [0.29, 0.717) is 17.3 Å². The van der Waals surface area contributed by atoms with E-state index in [-0.39, 0.29) is 33.4 Å². The second-order valence-electron chi connectivity index (χ2n) is 4.35. The number of benzene rings is 1. The number of rotatable bonds is 4. The lowest BCUT2D eigenvalue weighted by molar-refractivity contribution is -0.119. The SMILES string of the molecule is O=C1CCC(CNS(=O)(=O)c2c(Cl)cc(Br)cc2Cl)N1. The minimum absolute atomic E-state index is 0.0346. The summed E-state index contributed by atoms with van der Waals surface area (Å²) in [4.78, 5) is 10.9. The maximum absolute atomic E-state index is 12.2. The van der Waals surface area contributed by atoms with Crippen molar-refractivity contribution in [2.75, 3.05) is 6.54 Å². The van der Waals surface area contributed by atoms with Crippen molar-refractivity contribution in [3.05, 3.63) is 26.7 Å². The zero-order valence-corrected chi connectivity index (χ0v) is 14.0. The molecule has 1 heterocycles. The quantitative estimate of drug-likeness (QED) is 0.812. The standard InChI is InChI=1S/C11H11BrCl2N2O3S/c12-6-3-8(13)11(9(14)4-6)20(18,19)15-5-7-1-2-10(17)16-7/h3-4,7,15H,1-2,5H2,(H,16,17). The van der Waals surface area contributed by atoms with E-state index in [1.54, 1.807) is 0 Å². The molecule has 1 atom stereocenters. The van der Waals surface area contributed by atoms with Gasteiger partial charge in [0.1, 0.15) is 4.90 Å². The van der Waals surface area contributed by atoms with Crippen molar-refractivity contribution in [3.8, 4) is 0 Å². The number of nitrogens with one attached hydrogen (secondary N) is 2. The Labute approximate surface area is 135 Å². The molecule has 0 bridgehead atoms. The molecule has 1 saturated heterocycles. The van der Waals surface area contributed by atoms with Gasteiger partial charge in [0.15, 0.2) is 0 Å². The average Bonchev–Trinajstić information content (AvgIpc) is 2.71. The van der Waals surface area contributed by atoms with Crippen molar-refractivity contribution in [1.82, 2.24) is 10.0 Å². The van der Waals surface area contributed by atoms with Gasteiger partial charge in [-0.2, -0.15) is 0 Å². The lowest BCUT2D eigenvalue weighted by atomic mass is 10.2. The fourth-order valence-corrected chi connectivity index (χ4v) is 4.91. The zero-order valence-electron chi connectivity index (χ0n) is 10.1. The Morgan fingerprint density at radius 3 is 2.45 bits per heavy atom. The van der Waals surface area contributed by atoms with Gasteiger partial charge in [-0.25, -0.2) is 13.1 Å². The first-order chi connectivity index (χ1) is 9.29. The topological polar surface area (TPSA) is 75.3 Å². The molecular formula is C11H11BrCl2N2O3S. The van der Waals surface area contributed by atoms with Gasteiger partial charge in [0, 0.05) is 23.5 Å². The molecule has 110 valence electrons. The number of hydrogen-bond donors (Lipinski definition) is 2. The van der Waals surface area contributed by atoms with Crippen LogP contribution in [-0.2, 0) is 14.8 Å². The number of halogens is 3. The van der Waals surface area contributed by atoms with E-state index in [1.165, 1.54) is 12.1 Å². The maximum Gasteiger partial charge on any atom is 0.243 e. The summed E-state index contributed by atoms with van der Waals surface area (Å²) >= 11 is 15.1. The van der Waals surface area contributed by atoms with Crippen molar-refractivity contribution < 1.29 is 13.2 Å². The van der Waals surface area contributed by atoms with Crippen molar-refractivity contribution in [1.29, 1.82) is 0 Å². The summed E-state index contributed by atoms with van der Waals surface area (Å²) in [6, 6.07) is 2.71. The largest absolute Gasteiger partial charge is 0.352 e. The summed E-state index contributed by atoms with van der Waals surface area (Å²) < 4.78 is 27.4. The molecule has 0 radical (unpaired) electrons. The second-order valence-corrected chi connectivity index (χ2v) is 7.79. The van der Waals surface area contributed by atoms with Crippen LogP contribution in [0.1, 0.15) is 12.8 Å². The summed E-state index contributed by atoms with van der Waals surface area (Å²) in [6.45, 7) is 0.108. The van der Waals surface area contributed by atoms with Gasteiger partial charge in [0.05, 0.1) is 10.0 Å². The van der Waals surface area contributed by atoms with Crippen molar-refractivity contribution in [3.63, 3.8) is 0 Å². The minimum atomic E-state index is -3.83. The molecule has 9 heteroatoms. The summed E-state index contributed by atoms with van der Waals surface area (Å²) in [5.74, 6) is -0.0751. The van der Waals surface area contributed by atoms with Crippen LogP contribution < -0.4 is 10.0 Å². The average molecular weight is 402 g/mol. The van der Waals surface area contributed by atoms with Gasteiger partial charge in [-0.15, -0.1) is 0 Å². The molecule has 0 saturated carbocycles. The van der Waals surface area contributed by atoms with Crippen LogP contribution in [0.3, 0.4) is 0 Å². The van der Waals surface area contributed by atoms with Crippen LogP contribution in [0.5, 0.6) is 0 Å². The number of carbonyl (C=O) groups excluding carboxylic acids is 1. The molecule has 0 aromatic heterocycles. The Kier molecular flexibility index (Phi) is 4.96. The predicted molar refractivity (Wildman–Crippen MR) is 80.5 cm³/mol. The van der Waals surface area contributed by atoms with E-state index in [2.05, 4.69) is 26.0 Å². The van der Waals surface area contributed by atoms with Gasteiger partial charge in [0.25, 0.3) is 0 Å². The first kappa shape index (κ1) is 16.0. The molecule has 0 spiro atoms. The maximum atomic E-state index is 12.2. The summed E-state index contributed by atoms with van der Waals surface area (Å²) in [7, 11) is -3.83. The smallest absolute Gasteiger partial charge is 0.243 e. The van der Waals surface area contributed by atoms with Crippen LogP contribution in [-0.4, -0.2) is 26.9 Å². The van der Waals surface area contributed by atoms with Crippen molar-refractivity contribution >= 4 is 55.1 Å². The Morgan fingerprint density at radius 2 is 1.95 bits per heavy atom. The third-order valence-electron chi connectivity index (χ3n) is 2.84. The molecule has 1 aliphatic rings. The van der Waals surface area contributed by atoms with Gasteiger partial charge in [0.2, 0.25) is 15.9 Å². The molecule has 1 unspecified atom stereocenters. The van der Waals surface area contributed by atoms with Crippen LogP contribution >= 0.6 is 39.1 Å². The highest BCUT2D eigenvalue weighted by atomic mass is 79.9. The number of carbonyl (C=O) groups is 1. The van der Waals surface area contributed by atoms with E-state index in [9.17, 15) is 13.2 Å². The highest BCUT2D eigenvalue weighted by molar-refractivity contribution is 9.10. The molecule has 1 aromatic rings. The molecule has 2 rings (SSSR count). The summed E-state index contributed by atoms with van der Waals surface area (Å²) in [6.07, 6.45) is 1.01. The Morgan fingerprint density at radius 1 is 1.35 bits per heavy atom. The molecule has 1 amide bonds. The van der Waals surface area contributed by atoms with Gasteiger partial charge >= 0.3 is 0 Å². The third-order valence-corrected chi connectivity index (χ3v) is 5.64. The zero-order chi connectivity index (χ0) is 14.9. The second kappa shape index (κ2) is 6.19. The van der Waals surface area contributed by atoms with E-state index in [4.69, 9.17) is 23.2 Å². The van der Waals surface area contributed by atoms with Crippen LogP contribution in [0.2, 0.25) is 10.0 Å². The van der Waals surface area contributed by atoms with Gasteiger partial charge < -0.3 is 5.32 Å². The molecular weight excluding hydrogens is 391 g/mol. The van der Waals surface area contributed by atoms with E-state index in [0.717, 1.165) is 0 Å². The highest BCUT2D eigenvalue weighted by Gasteiger charge is 2.26. The molecule has 0 aliphatic carbocycles. The molecule has 5 nitrogen and oxygen atoms in total. The van der Waals surface area contributed by atoms with Crippen LogP contribution in [0.4, 0.5) is 0 Å². The van der Waals surface area contributed by atoms with Gasteiger partial charge in [-0.1, -0.05) is 39.1 Å². The van der Waals surface area contributed by atoms with Crippen LogP contribution in [0.15, 0.2) is 21.5 Å². The number of hydrogen-bond acceptors (Lipinski definition) is 3. The molecule has 2 N–H and O–H groups in total. The fraction of sp³-hybridized carbons (Fsp3) is 0.364. The van der Waals surface area contributed by atoms with E-state index >= 15 is 0 Å². The van der Waals surface area contributed by atoms with Gasteiger partial charge in [-0.3, -0.25) is 4.79 Å². The first-order valence-electron chi connectivity index (χ1n) is 5.73. The first-order valence-corrected chi connectivity index (χ1v) is 8.76. The van der Waals surface area contributed by atoms with E-state index in [1.807, 2.05) is 0 Å². The fourth-order valence-electron chi connectivity index (χ4n) is 1.90. The lowest BCUT2D eigenvalue weighted by Crippen LogP contribution is -2.38. The molecule has 1 fully saturated rings. The third kappa shape index (κ3) is 3.65. The summed E-state index contributed by atoms with van der Waals surface area (Å²) in [5.41, 5.74) is 0. The monoisotopic (exact) mass is 400 g/mol. The predicted octanol–water partition coefficient (Wildman–Crippen LogP) is 2.31. The molecule has 20 heavy (non-hydrogen) atoms. The minimum Gasteiger partial charge on any atom is -0.352 e. The van der Waals surface area contributed by atoms with Crippen LogP contribution in [0.25, 0.3) is 0 Å². The normalized spacial score (nSPS) is 19.1. The Balaban J connectivity index is 2.16. The Bertz CT molecular complexity index is 628. The molecule has 1 aliphatic heterocycles. The highest BCUT2D eigenvalue weighted by Crippen LogP contribution is 2.32. The number of sulfonamides is 1. The molecule has 1 aromatic carbocycles.